The maximum absolute atomic E-state index is 14.3. The van der Waals surface area contributed by atoms with E-state index in [0.717, 1.165) is 12.1 Å². The summed E-state index contributed by atoms with van der Waals surface area (Å²) in [5.41, 5.74) is -1.65. The van der Waals surface area contributed by atoms with Crippen molar-refractivity contribution in [3.8, 4) is 11.1 Å². The first kappa shape index (κ1) is 30.4. The summed E-state index contributed by atoms with van der Waals surface area (Å²) in [6.07, 6.45) is -12.4. The SMILES string of the molecule is CCCCOC(=O)c1cc2c(C(F)(F)F)cc(-c3ccc(Cl)cc3Cl)cc2n1O[C@@H]1O[C@H](CO)[C@@H](O)[C@H](O)[C@H]1O. The first-order valence-electron chi connectivity index (χ1n) is 12.2. The van der Waals surface area contributed by atoms with Crippen LogP contribution < -0.4 is 4.84 Å². The average Bonchev–Trinajstić information content (AvgIpc) is 3.26. The number of esters is 1. The number of halogens is 5. The van der Waals surface area contributed by atoms with E-state index in [-0.39, 0.29) is 33.3 Å². The van der Waals surface area contributed by atoms with Crippen LogP contribution in [0.4, 0.5) is 13.2 Å². The molecule has 0 aliphatic carbocycles. The number of fused-ring (bicyclic) bond motifs is 1. The van der Waals surface area contributed by atoms with E-state index in [4.69, 9.17) is 37.5 Å². The number of rotatable bonds is 8. The summed E-state index contributed by atoms with van der Waals surface area (Å²) in [6, 6.07) is 7.31. The molecule has 2 aromatic carbocycles. The zero-order chi connectivity index (χ0) is 29.4. The van der Waals surface area contributed by atoms with Gasteiger partial charge in [-0.15, -0.1) is 0 Å². The van der Waals surface area contributed by atoms with E-state index in [2.05, 4.69) is 0 Å². The summed E-state index contributed by atoms with van der Waals surface area (Å²) >= 11 is 12.2. The van der Waals surface area contributed by atoms with Gasteiger partial charge in [0.2, 0.25) is 0 Å². The summed E-state index contributed by atoms with van der Waals surface area (Å²) in [6.45, 7) is 1.06. The van der Waals surface area contributed by atoms with Crippen molar-refractivity contribution in [2.24, 2.45) is 0 Å². The van der Waals surface area contributed by atoms with E-state index in [1.54, 1.807) is 0 Å². The predicted molar refractivity (Wildman–Crippen MR) is 138 cm³/mol. The summed E-state index contributed by atoms with van der Waals surface area (Å²) in [4.78, 5) is 18.7. The molecule has 14 heteroatoms. The Bertz CT molecular complexity index is 1380. The number of unbranched alkanes of at least 4 members (excludes halogenated alkanes) is 1. The van der Waals surface area contributed by atoms with Crippen molar-refractivity contribution >= 4 is 40.1 Å². The normalized spacial score (nSPS) is 23.4. The Labute approximate surface area is 236 Å². The molecule has 1 fully saturated rings. The lowest BCUT2D eigenvalue weighted by molar-refractivity contribution is -0.299. The topological polar surface area (TPSA) is 131 Å². The Hall–Kier alpha value is -2.58. The predicted octanol–water partition coefficient (Wildman–Crippen LogP) is 3.82. The number of hydrogen-bond acceptors (Lipinski definition) is 8. The zero-order valence-electron chi connectivity index (χ0n) is 20.9. The van der Waals surface area contributed by atoms with Gasteiger partial charge in [0.1, 0.15) is 24.4 Å². The third-order valence-electron chi connectivity index (χ3n) is 6.42. The third kappa shape index (κ3) is 6.03. The molecular weight excluding hydrogens is 582 g/mol. The van der Waals surface area contributed by atoms with Crippen molar-refractivity contribution in [1.29, 1.82) is 0 Å². The summed E-state index contributed by atoms with van der Waals surface area (Å²) < 4.78 is 54.2. The highest BCUT2D eigenvalue weighted by Crippen LogP contribution is 2.41. The smallest absolute Gasteiger partial charge is 0.417 e. The lowest BCUT2D eigenvalue weighted by Crippen LogP contribution is -2.61. The minimum Gasteiger partial charge on any atom is -0.461 e. The van der Waals surface area contributed by atoms with Gasteiger partial charge in [0.05, 0.1) is 24.3 Å². The molecule has 0 spiro atoms. The number of aliphatic hydroxyl groups is 4. The highest BCUT2D eigenvalue weighted by atomic mass is 35.5. The highest BCUT2D eigenvalue weighted by Gasteiger charge is 2.46. The number of alkyl halides is 3. The molecule has 5 atom stereocenters. The van der Waals surface area contributed by atoms with E-state index in [0.29, 0.717) is 17.6 Å². The van der Waals surface area contributed by atoms with Crippen LogP contribution in [0.25, 0.3) is 22.0 Å². The Kier molecular flexibility index (Phi) is 9.20. The standard InChI is InChI=1S/C26H26Cl2F3NO8/c1-2-3-6-38-24(37)19-10-15-16(26(29,30)31)7-12(14-5-4-13(27)9-17(14)28)8-18(15)32(19)40-25-23(36)22(35)21(34)20(11-33)39-25/h4-5,7-10,20-23,25,33-36H,2-3,6,11H2,1H3/t20-,21-,22+,23-,25+/m1/s1. The second kappa shape index (κ2) is 12.1. The molecular formula is C26H26Cl2F3NO8. The molecule has 1 aliphatic rings. The Morgan fingerprint density at radius 2 is 1.80 bits per heavy atom. The van der Waals surface area contributed by atoms with Crippen LogP contribution >= 0.6 is 23.2 Å². The molecule has 1 saturated heterocycles. The zero-order valence-corrected chi connectivity index (χ0v) is 22.5. The van der Waals surface area contributed by atoms with Crippen LogP contribution in [-0.2, 0) is 15.7 Å². The monoisotopic (exact) mass is 607 g/mol. The van der Waals surface area contributed by atoms with Crippen LogP contribution in [0.5, 0.6) is 0 Å². The van der Waals surface area contributed by atoms with Crippen LogP contribution in [0, 0.1) is 0 Å². The molecule has 40 heavy (non-hydrogen) atoms. The quantitative estimate of drug-likeness (QED) is 0.225. The molecule has 0 amide bonds. The Morgan fingerprint density at radius 1 is 1.07 bits per heavy atom. The van der Waals surface area contributed by atoms with Gasteiger partial charge in [-0.3, -0.25) is 0 Å². The van der Waals surface area contributed by atoms with Gasteiger partial charge >= 0.3 is 12.1 Å². The molecule has 218 valence electrons. The van der Waals surface area contributed by atoms with Gasteiger partial charge in [0, 0.05) is 21.0 Å². The number of nitrogens with zero attached hydrogens (tertiary/aromatic N) is 1. The van der Waals surface area contributed by atoms with Gasteiger partial charge in [0.15, 0.2) is 5.69 Å². The van der Waals surface area contributed by atoms with Crippen LogP contribution in [0.2, 0.25) is 10.0 Å². The van der Waals surface area contributed by atoms with E-state index >= 15 is 0 Å². The van der Waals surface area contributed by atoms with Crippen molar-refractivity contribution < 1.29 is 52.7 Å². The van der Waals surface area contributed by atoms with Crippen LogP contribution in [0.15, 0.2) is 36.4 Å². The van der Waals surface area contributed by atoms with Gasteiger partial charge in [-0.05, 0) is 42.3 Å². The van der Waals surface area contributed by atoms with Gasteiger partial charge in [-0.1, -0.05) is 42.6 Å². The van der Waals surface area contributed by atoms with Crippen LogP contribution in [-0.4, -0.2) is 75.0 Å². The molecule has 0 unspecified atom stereocenters. The molecule has 3 aromatic rings. The lowest BCUT2D eigenvalue weighted by atomic mass is 9.99. The molecule has 0 saturated carbocycles. The fraction of sp³-hybridized carbons (Fsp3) is 0.423. The number of carbonyl (C=O) groups is 1. The van der Waals surface area contributed by atoms with E-state index in [1.807, 2.05) is 6.92 Å². The van der Waals surface area contributed by atoms with Gasteiger partial charge < -0.3 is 34.7 Å². The molecule has 0 radical (unpaired) electrons. The molecule has 2 heterocycles. The first-order chi connectivity index (χ1) is 18.9. The van der Waals surface area contributed by atoms with Crippen LogP contribution in [0.3, 0.4) is 0 Å². The molecule has 0 bridgehead atoms. The first-order valence-corrected chi connectivity index (χ1v) is 13.0. The number of ether oxygens (including phenoxy) is 2. The fourth-order valence-electron chi connectivity index (χ4n) is 4.29. The minimum absolute atomic E-state index is 0.00384. The highest BCUT2D eigenvalue weighted by molar-refractivity contribution is 6.36. The molecule has 9 nitrogen and oxygen atoms in total. The largest absolute Gasteiger partial charge is 0.461 e. The van der Waals surface area contributed by atoms with E-state index in [1.165, 1.54) is 24.3 Å². The average molecular weight is 608 g/mol. The van der Waals surface area contributed by atoms with E-state index in [9.17, 15) is 38.4 Å². The van der Waals surface area contributed by atoms with Gasteiger partial charge in [-0.25, -0.2) is 4.79 Å². The fourth-order valence-corrected chi connectivity index (χ4v) is 4.81. The Morgan fingerprint density at radius 3 is 2.42 bits per heavy atom. The van der Waals surface area contributed by atoms with Crippen molar-refractivity contribution in [1.82, 2.24) is 4.73 Å². The number of carbonyl (C=O) groups excluding carboxylic acids is 1. The molecule has 4 rings (SSSR count). The number of hydrogen-bond donors (Lipinski definition) is 4. The van der Waals surface area contributed by atoms with Gasteiger partial charge in [0.25, 0.3) is 6.29 Å². The molecule has 1 aromatic heterocycles. The second-order valence-corrected chi connectivity index (χ2v) is 10.0. The summed E-state index contributed by atoms with van der Waals surface area (Å²) in [7, 11) is 0. The second-order valence-electron chi connectivity index (χ2n) is 9.19. The Balaban J connectivity index is 1.93. The van der Waals surface area contributed by atoms with Gasteiger partial charge in [-0.2, -0.15) is 17.9 Å². The molecule has 4 N–H and O–H groups in total. The molecule has 1 aliphatic heterocycles. The van der Waals surface area contributed by atoms with E-state index < -0.39 is 66.1 Å². The minimum atomic E-state index is -4.88. The maximum atomic E-state index is 14.3. The number of aromatic nitrogens is 1. The number of aliphatic hydroxyl groups excluding tert-OH is 4. The number of benzene rings is 2. The van der Waals surface area contributed by atoms with Crippen molar-refractivity contribution in [3.63, 3.8) is 0 Å². The van der Waals surface area contributed by atoms with Crippen molar-refractivity contribution in [3.05, 3.63) is 57.7 Å². The maximum Gasteiger partial charge on any atom is 0.417 e. The van der Waals surface area contributed by atoms with Crippen LogP contribution in [0.1, 0.15) is 35.8 Å². The lowest BCUT2D eigenvalue weighted by Gasteiger charge is -2.39. The summed E-state index contributed by atoms with van der Waals surface area (Å²) in [5.74, 6) is -1.02. The third-order valence-corrected chi connectivity index (χ3v) is 6.97. The van der Waals surface area contributed by atoms with Crippen molar-refractivity contribution in [2.45, 2.75) is 56.6 Å². The summed E-state index contributed by atoms with van der Waals surface area (Å²) in [5, 5.41) is 40.2. The van der Waals surface area contributed by atoms with Crippen molar-refractivity contribution in [2.75, 3.05) is 13.2 Å².